The number of aliphatic carboxylic acids is 1. The fourth-order valence-corrected chi connectivity index (χ4v) is 3.01. The minimum Gasteiger partial charge on any atom is -0.480 e. The number of hydrogen-bond donors (Lipinski definition) is 2. The molecule has 5 heteroatoms. The van der Waals surface area contributed by atoms with E-state index >= 15 is 0 Å². The van der Waals surface area contributed by atoms with E-state index in [4.69, 9.17) is 0 Å². The quantitative estimate of drug-likeness (QED) is 0.799. The van der Waals surface area contributed by atoms with Crippen LogP contribution < -0.4 is 5.32 Å². The van der Waals surface area contributed by atoms with E-state index in [1.807, 2.05) is 4.90 Å². The maximum absolute atomic E-state index is 12.4. The molecule has 2 N–H and O–H groups in total. The lowest BCUT2D eigenvalue weighted by Crippen LogP contribution is -2.57. The summed E-state index contributed by atoms with van der Waals surface area (Å²) in [5.41, 5.74) is -1.01. The third-order valence-corrected chi connectivity index (χ3v) is 4.61. The molecule has 3 saturated carbocycles. The van der Waals surface area contributed by atoms with E-state index in [0.29, 0.717) is 24.8 Å². The number of rotatable bonds is 5. The molecule has 0 aromatic heterocycles. The first-order valence-electron chi connectivity index (χ1n) is 7.43. The molecular weight excluding hydrogens is 244 g/mol. The van der Waals surface area contributed by atoms with Gasteiger partial charge < -0.3 is 15.3 Å². The van der Waals surface area contributed by atoms with Gasteiger partial charge in [0.25, 0.3) is 0 Å². The fourth-order valence-electron chi connectivity index (χ4n) is 3.01. The van der Waals surface area contributed by atoms with E-state index in [2.05, 4.69) is 5.32 Å². The van der Waals surface area contributed by atoms with Gasteiger partial charge in [-0.1, -0.05) is 12.8 Å². The van der Waals surface area contributed by atoms with Crippen LogP contribution in [-0.4, -0.2) is 40.1 Å². The van der Waals surface area contributed by atoms with Gasteiger partial charge in [0.05, 0.1) is 0 Å². The maximum atomic E-state index is 12.4. The highest BCUT2D eigenvalue weighted by atomic mass is 16.4. The third-order valence-electron chi connectivity index (χ3n) is 4.61. The number of carbonyl (C=O) groups is 2. The van der Waals surface area contributed by atoms with Crippen LogP contribution >= 0.6 is 0 Å². The zero-order chi connectivity index (χ0) is 13.5. The number of hydrogen-bond acceptors (Lipinski definition) is 2. The lowest BCUT2D eigenvalue weighted by Gasteiger charge is -2.30. The summed E-state index contributed by atoms with van der Waals surface area (Å²) >= 11 is 0. The van der Waals surface area contributed by atoms with E-state index in [1.165, 1.54) is 12.8 Å². The monoisotopic (exact) mass is 266 g/mol. The first-order valence-corrected chi connectivity index (χ1v) is 7.43. The van der Waals surface area contributed by atoms with E-state index in [1.54, 1.807) is 0 Å². The van der Waals surface area contributed by atoms with Crippen molar-refractivity contribution in [2.75, 3.05) is 6.54 Å². The zero-order valence-corrected chi connectivity index (χ0v) is 11.2. The largest absolute Gasteiger partial charge is 0.480 e. The molecule has 0 bridgehead atoms. The Balaban J connectivity index is 1.65. The van der Waals surface area contributed by atoms with Crippen LogP contribution in [-0.2, 0) is 4.79 Å². The second-order valence-corrected chi connectivity index (χ2v) is 6.35. The van der Waals surface area contributed by atoms with Gasteiger partial charge in [-0.15, -0.1) is 0 Å². The smallest absolute Gasteiger partial charge is 0.329 e. The number of carboxylic acid groups (broad SMARTS) is 1. The Morgan fingerprint density at radius 1 is 1.16 bits per heavy atom. The van der Waals surface area contributed by atoms with Crippen molar-refractivity contribution < 1.29 is 14.7 Å². The lowest BCUT2D eigenvalue weighted by molar-refractivity contribution is -0.144. The summed E-state index contributed by atoms with van der Waals surface area (Å²) in [7, 11) is 0. The number of carboxylic acids is 1. The van der Waals surface area contributed by atoms with Crippen molar-refractivity contribution in [1.82, 2.24) is 10.2 Å². The first-order chi connectivity index (χ1) is 9.11. The highest BCUT2D eigenvalue weighted by Crippen LogP contribution is 2.36. The van der Waals surface area contributed by atoms with Crippen LogP contribution in [0.15, 0.2) is 0 Å². The van der Waals surface area contributed by atoms with Crippen LogP contribution in [0.5, 0.6) is 0 Å². The molecule has 5 nitrogen and oxygen atoms in total. The molecule has 0 radical (unpaired) electrons. The summed E-state index contributed by atoms with van der Waals surface area (Å²) in [5, 5.41) is 12.2. The predicted octanol–water partition coefficient (Wildman–Crippen LogP) is 1.97. The second-order valence-electron chi connectivity index (χ2n) is 6.35. The summed E-state index contributed by atoms with van der Waals surface area (Å²) < 4.78 is 0. The van der Waals surface area contributed by atoms with Gasteiger partial charge in [0.2, 0.25) is 0 Å². The number of nitrogens with zero attached hydrogens (tertiary/aromatic N) is 1. The molecule has 0 spiro atoms. The van der Waals surface area contributed by atoms with Gasteiger partial charge in [-0.25, -0.2) is 9.59 Å². The number of carbonyl (C=O) groups excluding carboxylic acids is 1. The van der Waals surface area contributed by atoms with Crippen LogP contribution in [0.25, 0.3) is 0 Å². The molecule has 3 fully saturated rings. The SMILES string of the molecule is O=C(NC1(C(=O)O)CCCC1)N(CC1CC1)C1CC1. The van der Waals surface area contributed by atoms with Crippen molar-refractivity contribution in [3.63, 3.8) is 0 Å². The number of urea groups is 1. The minimum atomic E-state index is -1.01. The molecule has 0 aromatic rings. The minimum absolute atomic E-state index is 0.154. The van der Waals surface area contributed by atoms with Crippen molar-refractivity contribution in [1.29, 1.82) is 0 Å². The van der Waals surface area contributed by atoms with Gasteiger partial charge in [-0.3, -0.25) is 0 Å². The first kappa shape index (κ1) is 12.8. The molecule has 3 aliphatic carbocycles. The molecule has 0 aromatic carbocycles. The van der Waals surface area contributed by atoms with Gasteiger partial charge in [0, 0.05) is 12.6 Å². The summed E-state index contributed by atoms with van der Waals surface area (Å²) in [6, 6.07) is 0.201. The average Bonchev–Trinajstić information content (AvgIpc) is 3.27. The molecule has 19 heavy (non-hydrogen) atoms. The predicted molar refractivity (Wildman–Crippen MR) is 69.8 cm³/mol. The Morgan fingerprint density at radius 3 is 2.26 bits per heavy atom. The average molecular weight is 266 g/mol. The Morgan fingerprint density at radius 2 is 1.79 bits per heavy atom. The van der Waals surface area contributed by atoms with E-state index in [9.17, 15) is 14.7 Å². The van der Waals surface area contributed by atoms with Gasteiger partial charge in [-0.2, -0.15) is 0 Å². The summed E-state index contributed by atoms with van der Waals surface area (Å²) in [5.74, 6) is -0.226. The Hall–Kier alpha value is -1.26. The summed E-state index contributed by atoms with van der Waals surface area (Å²) in [4.78, 5) is 25.8. The number of amides is 2. The molecule has 0 aliphatic heterocycles. The lowest BCUT2D eigenvalue weighted by atomic mass is 9.98. The van der Waals surface area contributed by atoms with Crippen molar-refractivity contribution in [2.45, 2.75) is 62.9 Å². The Bertz CT molecular complexity index is 382. The highest BCUT2D eigenvalue weighted by Gasteiger charge is 2.45. The van der Waals surface area contributed by atoms with E-state index in [0.717, 1.165) is 32.2 Å². The molecule has 0 atom stereocenters. The van der Waals surface area contributed by atoms with Gasteiger partial charge >= 0.3 is 12.0 Å². The molecule has 0 saturated heterocycles. The molecule has 106 valence electrons. The Labute approximate surface area is 113 Å². The van der Waals surface area contributed by atoms with Gasteiger partial charge in [0.15, 0.2) is 0 Å². The zero-order valence-electron chi connectivity index (χ0n) is 11.2. The molecule has 3 rings (SSSR count). The van der Waals surface area contributed by atoms with Crippen LogP contribution in [0, 0.1) is 5.92 Å². The molecule has 0 unspecified atom stereocenters. The highest BCUT2D eigenvalue weighted by molar-refractivity contribution is 5.86. The molecular formula is C14H22N2O3. The van der Waals surface area contributed by atoms with Crippen molar-refractivity contribution >= 4 is 12.0 Å². The van der Waals surface area contributed by atoms with Crippen molar-refractivity contribution in [3.05, 3.63) is 0 Å². The van der Waals surface area contributed by atoms with Crippen molar-refractivity contribution in [3.8, 4) is 0 Å². The second kappa shape index (κ2) is 4.69. The third kappa shape index (κ3) is 2.69. The molecule has 2 amide bonds. The van der Waals surface area contributed by atoms with Gasteiger partial charge in [0.1, 0.15) is 5.54 Å². The normalized spacial score (nSPS) is 25.1. The van der Waals surface area contributed by atoms with Crippen LogP contribution in [0.4, 0.5) is 4.79 Å². The fraction of sp³-hybridized carbons (Fsp3) is 0.857. The standard InChI is InChI=1S/C14H22N2O3/c17-12(18)14(7-1-2-8-14)15-13(19)16(11-5-6-11)9-10-3-4-10/h10-11H,1-9H2,(H,15,19)(H,17,18). The van der Waals surface area contributed by atoms with Crippen LogP contribution in [0.3, 0.4) is 0 Å². The molecule has 0 heterocycles. The molecule has 3 aliphatic rings. The summed E-state index contributed by atoms with van der Waals surface area (Å²) in [6.07, 6.45) is 7.46. The van der Waals surface area contributed by atoms with Crippen LogP contribution in [0.1, 0.15) is 51.4 Å². The number of nitrogens with one attached hydrogen (secondary N) is 1. The van der Waals surface area contributed by atoms with E-state index < -0.39 is 11.5 Å². The van der Waals surface area contributed by atoms with Gasteiger partial charge in [-0.05, 0) is 44.4 Å². The van der Waals surface area contributed by atoms with E-state index in [-0.39, 0.29) is 6.03 Å². The van der Waals surface area contributed by atoms with Crippen molar-refractivity contribution in [2.24, 2.45) is 5.92 Å². The maximum Gasteiger partial charge on any atom is 0.329 e. The Kier molecular flexibility index (Phi) is 3.15. The topological polar surface area (TPSA) is 69.6 Å². The summed E-state index contributed by atoms with van der Waals surface area (Å²) in [6.45, 7) is 0.812. The van der Waals surface area contributed by atoms with Crippen LogP contribution in [0.2, 0.25) is 0 Å².